The molecule has 144 valence electrons. The summed E-state index contributed by atoms with van der Waals surface area (Å²) in [4.78, 5) is 23.4. The minimum absolute atomic E-state index is 0.146. The molecule has 0 radical (unpaired) electrons. The molecule has 0 spiro atoms. The second kappa shape index (κ2) is 10.9. The van der Waals surface area contributed by atoms with Gasteiger partial charge < -0.3 is 30.6 Å². The second-order valence-electron chi connectivity index (χ2n) is 6.20. The average Bonchev–Trinajstić information content (AvgIpc) is 2.68. The molecule has 0 aromatic heterocycles. The Morgan fingerprint density at radius 2 is 1.78 bits per heavy atom. The highest BCUT2D eigenvalue weighted by atomic mass is 16.5. The van der Waals surface area contributed by atoms with E-state index in [-0.39, 0.29) is 12.3 Å². The number of carbonyl (C=O) groups excluding carboxylic acids is 2. The number of carboxylic acids is 1. The summed E-state index contributed by atoms with van der Waals surface area (Å²) in [5.74, 6) is -0.914. The van der Waals surface area contributed by atoms with Gasteiger partial charge in [0.1, 0.15) is 31.4 Å². The molecule has 27 heavy (non-hydrogen) atoms. The van der Waals surface area contributed by atoms with Gasteiger partial charge in [-0.3, -0.25) is 4.79 Å². The van der Waals surface area contributed by atoms with Crippen LogP contribution in [-0.2, 0) is 16.1 Å². The first kappa shape index (κ1) is 20.4. The van der Waals surface area contributed by atoms with Crippen molar-refractivity contribution in [3.63, 3.8) is 0 Å². The highest BCUT2D eigenvalue weighted by molar-refractivity contribution is 5.93. The number of hydrogen-bond donors (Lipinski definition) is 3. The van der Waals surface area contributed by atoms with Crippen molar-refractivity contribution in [2.75, 3.05) is 25.5 Å². The quantitative estimate of drug-likeness (QED) is 0.416. The van der Waals surface area contributed by atoms with Gasteiger partial charge in [-0.1, -0.05) is 30.3 Å². The van der Waals surface area contributed by atoms with Gasteiger partial charge in [-0.05, 0) is 24.3 Å². The molecule has 2 rings (SSSR count). The van der Waals surface area contributed by atoms with Crippen LogP contribution in [0.3, 0.4) is 0 Å². The van der Waals surface area contributed by atoms with E-state index in [1.165, 1.54) is 5.56 Å². The normalized spacial score (nSPS) is 11.6. The van der Waals surface area contributed by atoms with E-state index in [2.05, 4.69) is 10.6 Å². The highest BCUT2D eigenvalue weighted by Gasteiger charge is 2.18. The Hall–Kier alpha value is -2.90. The van der Waals surface area contributed by atoms with Crippen LogP contribution in [-0.4, -0.2) is 38.1 Å². The first-order chi connectivity index (χ1) is 13.1. The molecule has 0 saturated carbocycles. The van der Waals surface area contributed by atoms with Gasteiger partial charge in [-0.15, -0.1) is 0 Å². The van der Waals surface area contributed by atoms with E-state index in [1.807, 2.05) is 30.3 Å². The molecule has 1 atom stereocenters. The first-order valence-corrected chi connectivity index (χ1v) is 8.92. The number of amides is 1. The van der Waals surface area contributed by atoms with E-state index in [0.29, 0.717) is 18.0 Å². The highest BCUT2D eigenvalue weighted by Crippen LogP contribution is 2.15. The number of carboxylic acid groups (broad SMARTS) is 1. The van der Waals surface area contributed by atoms with Gasteiger partial charge in [0.2, 0.25) is 5.91 Å². The average molecular weight is 372 g/mol. The van der Waals surface area contributed by atoms with Crippen molar-refractivity contribution in [3.05, 3.63) is 60.2 Å². The maximum absolute atomic E-state index is 12.1. The summed E-state index contributed by atoms with van der Waals surface area (Å²) in [6.07, 6.45) is -0.146. The van der Waals surface area contributed by atoms with E-state index < -0.39 is 12.0 Å². The minimum Gasteiger partial charge on any atom is -0.544 e. The van der Waals surface area contributed by atoms with E-state index in [1.54, 1.807) is 36.7 Å². The zero-order valence-corrected chi connectivity index (χ0v) is 15.4. The molecule has 0 unspecified atom stereocenters. The molecule has 0 fully saturated rings. The molecule has 0 aliphatic carbocycles. The summed E-state index contributed by atoms with van der Waals surface area (Å²) < 4.78 is 5.06. The molecule has 2 aromatic carbocycles. The third kappa shape index (κ3) is 7.47. The van der Waals surface area contributed by atoms with Crippen molar-refractivity contribution in [2.24, 2.45) is 0 Å². The van der Waals surface area contributed by atoms with Crippen molar-refractivity contribution < 1.29 is 30.1 Å². The van der Waals surface area contributed by atoms with Crippen molar-refractivity contribution in [2.45, 2.75) is 19.0 Å². The number of benzene rings is 2. The number of nitrogens with one attached hydrogen (secondary N) is 1. The number of aliphatic carboxylic acids is 1. The topological polar surface area (TPSA) is 112 Å². The Morgan fingerprint density at radius 3 is 2.41 bits per heavy atom. The zero-order chi connectivity index (χ0) is 19.5. The Morgan fingerprint density at radius 1 is 1.07 bits per heavy atom. The molecule has 1 amide bonds. The number of nitrogens with two attached hydrogens (primary N) is 2. The lowest BCUT2D eigenvalue weighted by atomic mass is 10.2. The lowest BCUT2D eigenvalue weighted by Gasteiger charge is -2.16. The van der Waals surface area contributed by atoms with Gasteiger partial charge >= 0.3 is 0 Å². The van der Waals surface area contributed by atoms with Crippen LogP contribution in [0.25, 0.3) is 0 Å². The molecule has 7 heteroatoms. The second-order valence-corrected chi connectivity index (χ2v) is 6.20. The van der Waals surface area contributed by atoms with Gasteiger partial charge in [-0.2, -0.15) is 0 Å². The maximum Gasteiger partial charge on any atom is 0.230 e. The van der Waals surface area contributed by atoms with Crippen molar-refractivity contribution in [3.8, 4) is 5.75 Å². The van der Waals surface area contributed by atoms with Crippen LogP contribution in [0.1, 0.15) is 12.0 Å². The maximum atomic E-state index is 12.1. The number of ether oxygens (including phenoxy) is 1. The standard InChI is InChI=1S/C20H25N3O4/c1-27-17-9-7-16(8-10-17)23-19(24)13-18(20(25)26)22-12-11-21-14-15-5-3-2-4-6-15/h2-10,18,21-22H,11-14H2,1H3,(H,23,24)(H,25,26)/p+1/t18-/m1/s1. The van der Waals surface area contributed by atoms with Crippen LogP contribution in [0.2, 0.25) is 0 Å². The van der Waals surface area contributed by atoms with Crippen LogP contribution >= 0.6 is 0 Å². The van der Waals surface area contributed by atoms with E-state index in [0.717, 1.165) is 13.1 Å². The Labute approximate surface area is 158 Å². The third-order valence-electron chi connectivity index (χ3n) is 4.13. The molecule has 0 saturated heterocycles. The fourth-order valence-electron chi connectivity index (χ4n) is 2.65. The smallest absolute Gasteiger partial charge is 0.230 e. The van der Waals surface area contributed by atoms with Crippen molar-refractivity contribution >= 4 is 17.6 Å². The molecule has 0 bridgehead atoms. The summed E-state index contributed by atoms with van der Waals surface area (Å²) >= 11 is 0. The van der Waals surface area contributed by atoms with E-state index in [9.17, 15) is 14.7 Å². The fraction of sp³-hybridized carbons (Fsp3) is 0.300. The predicted molar refractivity (Wildman–Crippen MR) is 98.8 cm³/mol. The van der Waals surface area contributed by atoms with Crippen LogP contribution in [0.5, 0.6) is 5.75 Å². The zero-order valence-electron chi connectivity index (χ0n) is 15.4. The number of quaternary nitrogens is 2. The minimum atomic E-state index is -1.23. The number of carbonyl (C=O) groups is 2. The Bertz CT molecular complexity index is 720. The van der Waals surface area contributed by atoms with Gasteiger partial charge in [0, 0.05) is 11.3 Å². The molecule has 5 N–H and O–H groups in total. The Balaban J connectivity index is 1.72. The van der Waals surface area contributed by atoms with E-state index in [4.69, 9.17) is 4.74 Å². The van der Waals surface area contributed by atoms with Gasteiger partial charge in [0.15, 0.2) is 0 Å². The summed E-state index contributed by atoms with van der Waals surface area (Å²) in [5.41, 5.74) is 1.81. The van der Waals surface area contributed by atoms with Crippen LogP contribution in [0.4, 0.5) is 5.69 Å². The Kier molecular flexibility index (Phi) is 8.28. The third-order valence-corrected chi connectivity index (χ3v) is 4.13. The van der Waals surface area contributed by atoms with Crippen LogP contribution in [0.15, 0.2) is 54.6 Å². The molecule has 0 aliphatic heterocycles. The predicted octanol–water partition coefficient (Wildman–Crippen LogP) is -1.53. The number of anilines is 1. The summed E-state index contributed by atoms with van der Waals surface area (Å²) in [7, 11) is 1.56. The van der Waals surface area contributed by atoms with Gasteiger partial charge in [0.25, 0.3) is 0 Å². The van der Waals surface area contributed by atoms with E-state index >= 15 is 0 Å². The van der Waals surface area contributed by atoms with Crippen molar-refractivity contribution in [1.82, 2.24) is 0 Å². The molecular formula is C20H26N3O4+. The summed E-state index contributed by atoms with van der Waals surface area (Å²) in [6.45, 7) is 2.17. The molecule has 0 heterocycles. The SMILES string of the molecule is COc1ccc(NC(=O)C[C@@H]([NH2+]CC[NH2+]Cc2ccccc2)C(=O)[O-])cc1. The lowest BCUT2D eigenvalue weighted by Crippen LogP contribution is -2.99. The molecule has 7 nitrogen and oxygen atoms in total. The summed E-state index contributed by atoms with van der Waals surface area (Å²) in [6, 6.07) is 16.0. The first-order valence-electron chi connectivity index (χ1n) is 8.92. The summed E-state index contributed by atoms with van der Waals surface area (Å²) in [5, 5.41) is 17.7. The van der Waals surface area contributed by atoms with Crippen LogP contribution in [0, 0.1) is 0 Å². The molecule has 2 aromatic rings. The van der Waals surface area contributed by atoms with Crippen molar-refractivity contribution in [1.29, 1.82) is 0 Å². The number of rotatable bonds is 11. The van der Waals surface area contributed by atoms with Crippen LogP contribution < -0.4 is 25.8 Å². The number of methoxy groups -OCH3 is 1. The number of hydrogen-bond acceptors (Lipinski definition) is 4. The van der Waals surface area contributed by atoms with Gasteiger partial charge in [0.05, 0.1) is 19.5 Å². The largest absolute Gasteiger partial charge is 0.544 e. The monoisotopic (exact) mass is 372 g/mol. The molecule has 0 aliphatic rings. The molecular weight excluding hydrogens is 346 g/mol. The van der Waals surface area contributed by atoms with Gasteiger partial charge in [-0.25, -0.2) is 0 Å². The lowest BCUT2D eigenvalue weighted by molar-refractivity contribution is -0.742. The fourth-order valence-corrected chi connectivity index (χ4v) is 2.65.